The first-order chi connectivity index (χ1) is 8.20. The van der Waals surface area contributed by atoms with E-state index in [1.165, 1.54) is 30.6 Å². The standard InChI is InChI=1S/C11H5ClFN3O/c12-7-5-15-11(16-6-7)17-10-3-1-2-9(13)8(10)4-14/h1-3,5-6H. The van der Waals surface area contributed by atoms with Crippen molar-refractivity contribution in [2.45, 2.75) is 0 Å². The molecule has 0 saturated carbocycles. The first kappa shape index (κ1) is 11.3. The van der Waals surface area contributed by atoms with Gasteiger partial charge in [0.1, 0.15) is 17.4 Å². The molecule has 1 heterocycles. The third-order valence-electron chi connectivity index (χ3n) is 1.89. The van der Waals surface area contributed by atoms with E-state index in [-0.39, 0.29) is 17.3 Å². The smallest absolute Gasteiger partial charge is 0.322 e. The highest BCUT2D eigenvalue weighted by Crippen LogP contribution is 2.24. The Morgan fingerprint density at radius 2 is 2.00 bits per heavy atom. The van der Waals surface area contributed by atoms with Gasteiger partial charge in [-0.2, -0.15) is 5.26 Å². The van der Waals surface area contributed by atoms with E-state index >= 15 is 0 Å². The van der Waals surface area contributed by atoms with Crippen molar-refractivity contribution in [3.05, 3.63) is 47.0 Å². The van der Waals surface area contributed by atoms with Crippen molar-refractivity contribution in [2.75, 3.05) is 0 Å². The maximum Gasteiger partial charge on any atom is 0.322 e. The Kier molecular flexibility index (Phi) is 3.17. The molecule has 1 aromatic heterocycles. The quantitative estimate of drug-likeness (QED) is 0.821. The lowest BCUT2D eigenvalue weighted by atomic mass is 10.2. The summed E-state index contributed by atoms with van der Waals surface area (Å²) in [5.74, 6) is -0.589. The molecule has 0 radical (unpaired) electrons. The second kappa shape index (κ2) is 4.76. The first-order valence-electron chi connectivity index (χ1n) is 4.54. The fourth-order valence-corrected chi connectivity index (χ4v) is 1.25. The van der Waals surface area contributed by atoms with Crippen LogP contribution in [0.25, 0.3) is 0 Å². The molecule has 6 heteroatoms. The highest BCUT2D eigenvalue weighted by molar-refractivity contribution is 6.30. The Morgan fingerprint density at radius 3 is 2.65 bits per heavy atom. The molecule has 0 spiro atoms. The molecule has 0 fully saturated rings. The molecule has 84 valence electrons. The highest BCUT2D eigenvalue weighted by Gasteiger charge is 2.10. The Hall–Kier alpha value is -2.19. The van der Waals surface area contributed by atoms with Crippen LogP contribution in [0, 0.1) is 17.1 Å². The van der Waals surface area contributed by atoms with Gasteiger partial charge in [-0.1, -0.05) is 17.7 Å². The van der Waals surface area contributed by atoms with Crippen LogP contribution in [-0.2, 0) is 0 Å². The minimum absolute atomic E-state index is 0.00324. The lowest BCUT2D eigenvalue weighted by Gasteiger charge is -2.05. The number of benzene rings is 1. The summed E-state index contributed by atoms with van der Waals surface area (Å²) in [5, 5.41) is 9.15. The molecule has 4 nitrogen and oxygen atoms in total. The largest absolute Gasteiger partial charge is 0.423 e. The summed E-state index contributed by atoms with van der Waals surface area (Å²) in [4.78, 5) is 7.56. The maximum absolute atomic E-state index is 13.3. The Balaban J connectivity index is 2.34. The molecule has 0 amide bonds. The van der Waals surface area contributed by atoms with Crippen LogP contribution in [0.3, 0.4) is 0 Å². The molecule has 0 aliphatic heterocycles. The molecule has 2 aromatic rings. The van der Waals surface area contributed by atoms with Gasteiger partial charge < -0.3 is 4.74 Å². The van der Waals surface area contributed by atoms with Crippen molar-refractivity contribution < 1.29 is 9.13 Å². The normalized spacial score (nSPS) is 9.71. The number of hydrogen-bond acceptors (Lipinski definition) is 4. The van der Waals surface area contributed by atoms with Gasteiger partial charge in [-0.3, -0.25) is 0 Å². The Labute approximate surface area is 101 Å². The molecular formula is C11H5ClFN3O. The lowest BCUT2D eigenvalue weighted by molar-refractivity contribution is 0.436. The van der Waals surface area contributed by atoms with Crippen molar-refractivity contribution in [3.63, 3.8) is 0 Å². The zero-order valence-corrected chi connectivity index (χ0v) is 9.15. The summed E-state index contributed by atoms with van der Waals surface area (Å²) >= 11 is 5.61. The molecule has 1 aromatic carbocycles. The van der Waals surface area contributed by atoms with Gasteiger partial charge in [-0.05, 0) is 12.1 Å². The van der Waals surface area contributed by atoms with Crippen molar-refractivity contribution >= 4 is 11.6 Å². The van der Waals surface area contributed by atoms with E-state index in [4.69, 9.17) is 21.6 Å². The van der Waals surface area contributed by atoms with Crippen LogP contribution >= 0.6 is 11.6 Å². The van der Waals surface area contributed by atoms with Crippen molar-refractivity contribution in [3.8, 4) is 17.8 Å². The molecule has 0 saturated heterocycles. The number of ether oxygens (including phenoxy) is 1. The molecule has 0 unspecified atom stereocenters. The van der Waals surface area contributed by atoms with E-state index in [1.54, 1.807) is 6.07 Å². The van der Waals surface area contributed by atoms with Gasteiger partial charge in [0.2, 0.25) is 0 Å². The first-order valence-corrected chi connectivity index (χ1v) is 4.92. The fraction of sp³-hybridized carbons (Fsp3) is 0. The van der Waals surface area contributed by atoms with Gasteiger partial charge in [0.05, 0.1) is 17.4 Å². The van der Waals surface area contributed by atoms with Crippen molar-refractivity contribution in [1.29, 1.82) is 5.26 Å². The van der Waals surface area contributed by atoms with Gasteiger partial charge in [0.25, 0.3) is 0 Å². The van der Waals surface area contributed by atoms with Crippen LogP contribution in [0.15, 0.2) is 30.6 Å². The number of rotatable bonds is 2. The number of aromatic nitrogens is 2. The van der Waals surface area contributed by atoms with E-state index in [9.17, 15) is 4.39 Å². The van der Waals surface area contributed by atoms with Crippen LogP contribution in [0.5, 0.6) is 11.8 Å². The Morgan fingerprint density at radius 1 is 1.29 bits per heavy atom. The molecule has 0 aliphatic carbocycles. The Bertz CT molecular complexity index is 580. The van der Waals surface area contributed by atoms with Crippen LogP contribution in [0.2, 0.25) is 5.02 Å². The SMILES string of the molecule is N#Cc1c(F)cccc1Oc1ncc(Cl)cn1. The van der Waals surface area contributed by atoms with Crippen LogP contribution in [0.4, 0.5) is 4.39 Å². The third-order valence-corrected chi connectivity index (χ3v) is 2.08. The summed E-state index contributed by atoms with van der Waals surface area (Å²) < 4.78 is 18.4. The monoisotopic (exact) mass is 249 g/mol. The van der Waals surface area contributed by atoms with Crippen molar-refractivity contribution in [1.82, 2.24) is 9.97 Å². The minimum Gasteiger partial charge on any atom is -0.423 e. The molecule has 2 rings (SSSR count). The second-order valence-electron chi connectivity index (χ2n) is 3.01. The topological polar surface area (TPSA) is 58.8 Å². The van der Waals surface area contributed by atoms with Gasteiger partial charge in [-0.25, -0.2) is 14.4 Å². The maximum atomic E-state index is 13.3. The predicted octanol–water partition coefficient (Wildman–Crippen LogP) is 2.93. The average Bonchev–Trinajstić information content (AvgIpc) is 2.32. The van der Waals surface area contributed by atoms with E-state index in [0.717, 1.165) is 0 Å². The highest BCUT2D eigenvalue weighted by atomic mass is 35.5. The number of halogens is 2. The lowest BCUT2D eigenvalue weighted by Crippen LogP contribution is -1.95. The molecular weight excluding hydrogens is 245 g/mol. The van der Waals surface area contributed by atoms with Crippen LogP contribution in [-0.4, -0.2) is 9.97 Å². The second-order valence-corrected chi connectivity index (χ2v) is 3.45. The summed E-state index contributed by atoms with van der Waals surface area (Å²) in [6.45, 7) is 0. The molecule has 0 N–H and O–H groups in total. The molecule has 17 heavy (non-hydrogen) atoms. The molecule has 0 atom stereocenters. The molecule has 0 aliphatic rings. The summed E-state index contributed by atoms with van der Waals surface area (Å²) in [6.07, 6.45) is 2.68. The van der Waals surface area contributed by atoms with Gasteiger partial charge in [0, 0.05) is 0 Å². The van der Waals surface area contributed by atoms with E-state index in [1.807, 2.05) is 0 Å². The minimum atomic E-state index is -0.654. The van der Waals surface area contributed by atoms with E-state index in [0.29, 0.717) is 5.02 Å². The van der Waals surface area contributed by atoms with Gasteiger partial charge in [0.15, 0.2) is 5.75 Å². The summed E-state index contributed by atoms with van der Waals surface area (Å²) in [5.41, 5.74) is -0.189. The fourth-order valence-electron chi connectivity index (χ4n) is 1.15. The number of nitrogens with zero attached hydrogens (tertiary/aromatic N) is 3. The summed E-state index contributed by atoms with van der Waals surface area (Å²) in [6, 6.07) is 5.78. The van der Waals surface area contributed by atoms with Gasteiger partial charge in [-0.15, -0.1) is 0 Å². The third kappa shape index (κ3) is 2.49. The van der Waals surface area contributed by atoms with E-state index < -0.39 is 5.82 Å². The zero-order chi connectivity index (χ0) is 12.3. The van der Waals surface area contributed by atoms with Crippen molar-refractivity contribution in [2.24, 2.45) is 0 Å². The number of hydrogen-bond donors (Lipinski definition) is 0. The van der Waals surface area contributed by atoms with Crippen LogP contribution in [0.1, 0.15) is 5.56 Å². The van der Waals surface area contributed by atoms with Gasteiger partial charge >= 0.3 is 6.01 Å². The van der Waals surface area contributed by atoms with E-state index in [2.05, 4.69) is 9.97 Å². The summed E-state index contributed by atoms with van der Waals surface area (Å²) in [7, 11) is 0. The molecule has 0 bridgehead atoms. The number of nitriles is 1. The average molecular weight is 250 g/mol. The predicted molar refractivity (Wildman–Crippen MR) is 58.2 cm³/mol. The zero-order valence-electron chi connectivity index (χ0n) is 8.39. The van der Waals surface area contributed by atoms with Crippen LogP contribution < -0.4 is 4.74 Å².